The van der Waals surface area contributed by atoms with E-state index in [9.17, 15) is 4.79 Å². The molecular formula is C18H23N5O3. The fourth-order valence-electron chi connectivity index (χ4n) is 3.43. The molecule has 8 nitrogen and oxygen atoms in total. The SMILES string of the molecule is Cn1cc(NC(=O)CN2CCC[C@H](Nc3ccc4c(c3)OCO4)C2)cn1. The van der Waals surface area contributed by atoms with E-state index in [1.54, 1.807) is 17.1 Å². The van der Waals surface area contributed by atoms with Crippen LogP contribution in [-0.4, -0.2) is 53.1 Å². The van der Waals surface area contributed by atoms with Crippen molar-refractivity contribution in [1.82, 2.24) is 14.7 Å². The number of piperidine rings is 1. The molecule has 26 heavy (non-hydrogen) atoms. The predicted octanol–water partition coefficient (Wildman–Crippen LogP) is 1.66. The number of hydrogen-bond acceptors (Lipinski definition) is 6. The predicted molar refractivity (Wildman–Crippen MR) is 97.5 cm³/mol. The molecule has 1 amide bonds. The first-order valence-corrected chi connectivity index (χ1v) is 8.83. The van der Waals surface area contributed by atoms with Crippen molar-refractivity contribution in [2.75, 3.05) is 37.1 Å². The molecule has 3 heterocycles. The van der Waals surface area contributed by atoms with Gasteiger partial charge in [-0.1, -0.05) is 0 Å². The van der Waals surface area contributed by atoms with Gasteiger partial charge in [-0.25, -0.2) is 0 Å². The number of nitrogens with one attached hydrogen (secondary N) is 2. The zero-order valence-corrected chi connectivity index (χ0v) is 14.8. The van der Waals surface area contributed by atoms with E-state index in [-0.39, 0.29) is 12.7 Å². The molecule has 4 rings (SSSR count). The average molecular weight is 357 g/mol. The number of amides is 1. The highest BCUT2D eigenvalue weighted by Crippen LogP contribution is 2.34. The van der Waals surface area contributed by atoms with Gasteiger partial charge in [0.2, 0.25) is 12.7 Å². The maximum atomic E-state index is 12.2. The molecule has 0 saturated carbocycles. The number of aromatic nitrogens is 2. The number of carbonyl (C=O) groups excluding carboxylic acids is 1. The van der Waals surface area contributed by atoms with E-state index >= 15 is 0 Å². The first-order valence-electron chi connectivity index (χ1n) is 8.83. The minimum atomic E-state index is -0.0123. The quantitative estimate of drug-likeness (QED) is 0.847. The van der Waals surface area contributed by atoms with Crippen molar-refractivity contribution < 1.29 is 14.3 Å². The average Bonchev–Trinajstić information content (AvgIpc) is 3.23. The lowest BCUT2D eigenvalue weighted by atomic mass is 10.1. The third-order valence-electron chi connectivity index (χ3n) is 4.60. The van der Waals surface area contributed by atoms with Gasteiger partial charge in [-0.05, 0) is 31.5 Å². The first-order chi connectivity index (χ1) is 12.7. The number of ether oxygens (including phenoxy) is 2. The fourth-order valence-corrected chi connectivity index (χ4v) is 3.43. The second-order valence-corrected chi connectivity index (χ2v) is 6.74. The summed E-state index contributed by atoms with van der Waals surface area (Å²) in [6.07, 6.45) is 5.58. The van der Waals surface area contributed by atoms with Crippen molar-refractivity contribution in [2.45, 2.75) is 18.9 Å². The Kier molecular flexibility index (Phi) is 4.66. The van der Waals surface area contributed by atoms with Gasteiger partial charge in [0, 0.05) is 37.6 Å². The Hall–Kier alpha value is -2.74. The summed E-state index contributed by atoms with van der Waals surface area (Å²) in [5.41, 5.74) is 1.74. The van der Waals surface area contributed by atoms with Gasteiger partial charge in [-0.3, -0.25) is 14.4 Å². The summed E-state index contributed by atoms with van der Waals surface area (Å²) in [7, 11) is 1.83. The fraction of sp³-hybridized carbons (Fsp3) is 0.444. The standard InChI is InChI=1S/C18H23N5O3/c1-22-9-15(8-19-22)21-18(24)11-23-6-2-3-14(10-23)20-13-4-5-16-17(7-13)26-12-25-16/h4-5,7-9,14,20H,2-3,6,10-12H2,1H3,(H,21,24)/t14-/m0/s1. The Bertz CT molecular complexity index is 791. The lowest BCUT2D eigenvalue weighted by Crippen LogP contribution is -2.45. The van der Waals surface area contributed by atoms with Gasteiger partial charge in [-0.2, -0.15) is 5.10 Å². The number of anilines is 2. The van der Waals surface area contributed by atoms with E-state index in [1.165, 1.54) is 0 Å². The Morgan fingerprint density at radius 2 is 2.19 bits per heavy atom. The number of benzene rings is 1. The largest absolute Gasteiger partial charge is 0.454 e. The van der Waals surface area contributed by atoms with E-state index in [0.29, 0.717) is 12.6 Å². The molecule has 0 aliphatic carbocycles. The van der Waals surface area contributed by atoms with Crippen LogP contribution < -0.4 is 20.1 Å². The van der Waals surface area contributed by atoms with E-state index in [0.717, 1.165) is 48.8 Å². The van der Waals surface area contributed by atoms with Gasteiger partial charge >= 0.3 is 0 Å². The summed E-state index contributed by atoms with van der Waals surface area (Å²) in [4.78, 5) is 14.4. The van der Waals surface area contributed by atoms with Crippen LogP contribution in [0.25, 0.3) is 0 Å². The molecule has 1 aromatic carbocycles. The molecule has 0 radical (unpaired) electrons. The van der Waals surface area contributed by atoms with Crippen LogP contribution in [0.15, 0.2) is 30.6 Å². The monoisotopic (exact) mass is 357 g/mol. The van der Waals surface area contributed by atoms with Crippen LogP contribution in [-0.2, 0) is 11.8 Å². The van der Waals surface area contributed by atoms with E-state index < -0.39 is 0 Å². The summed E-state index contributed by atoms with van der Waals surface area (Å²) < 4.78 is 12.4. The van der Waals surface area contributed by atoms with E-state index in [4.69, 9.17) is 9.47 Å². The minimum absolute atomic E-state index is 0.0123. The van der Waals surface area contributed by atoms with Gasteiger partial charge in [0.1, 0.15) is 0 Å². The van der Waals surface area contributed by atoms with Crippen LogP contribution in [0.5, 0.6) is 11.5 Å². The molecule has 0 unspecified atom stereocenters. The number of hydrogen-bond donors (Lipinski definition) is 2. The molecule has 1 aromatic heterocycles. The van der Waals surface area contributed by atoms with Crippen LogP contribution in [0.2, 0.25) is 0 Å². The molecule has 138 valence electrons. The number of likely N-dealkylation sites (tertiary alicyclic amines) is 1. The second-order valence-electron chi connectivity index (χ2n) is 6.74. The number of fused-ring (bicyclic) bond motifs is 1. The van der Waals surface area contributed by atoms with Crippen molar-refractivity contribution in [3.8, 4) is 11.5 Å². The van der Waals surface area contributed by atoms with Crippen molar-refractivity contribution in [2.24, 2.45) is 7.05 Å². The molecular weight excluding hydrogens is 334 g/mol. The highest BCUT2D eigenvalue weighted by atomic mass is 16.7. The van der Waals surface area contributed by atoms with Gasteiger partial charge in [0.05, 0.1) is 18.4 Å². The Morgan fingerprint density at radius 3 is 3.04 bits per heavy atom. The third kappa shape index (κ3) is 3.91. The van der Waals surface area contributed by atoms with Crippen LogP contribution >= 0.6 is 0 Å². The zero-order valence-electron chi connectivity index (χ0n) is 14.8. The highest BCUT2D eigenvalue weighted by Gasteiger charge is 2.22. The normalized spacial score (nSPS) is 19.3. The molecule has 1 atom stereocenters. The van der Waals surface area contributed by atoms with Crippen molar-refractivity contribution in [1.29, 1.82) is 0 Å². The van der Waals surface area contributed by atoms with Gasteiger partial charge in [-0.15, -0.1) is 0 Å². The van der Waals surface area contributed by atoms with Gasteiger partial charge in [0.15, 0.2) is 11.5 Å². The second kappa shape index (κ2) is 7.25. The Labute approximate surface area is 152 Å². The van der Waals surface area contributed by atoms with Crippen LogP contribution in [0.1, 0.15) is 12.8 Å². The summed E-state index contributed by atoms with van der Waals surface area (Å²) >= 11 is 0. The van der Waals surface area contributed by atoms with Crippen molar-refractivity contribution >= 4 is 17.3 Å². The molecule has 0 spiro atoms. The summed E-state index contributed by atoms with van der Waals surface area (Å²) in [6, 6.07) is 6.19. The smallest absolute Gasteiger partial charge is 0.238 e. The van der Waals surface area contributed by atoms with Crippen LogP contribution in [0, 0.1) is 0 Å². The van der Waals surface area contributed by atoms with E-state index in [2.05, 4.69) is 20.6 Å². The number of nitrogens with zero attached hydrogens (tertiary/aromatic N) is 3. The molecule has 1 fully saturated rings. The third-order valence-corrected chi connectivity index (χ3v) is 4.60. The minimum Gasteiger partial charge on any atom is -0.454 e. The van der Waals surface area contributed by atoms with Crippen LogP contribution in [0.4, 0.5) is 11.4 Å². The first kappa shape index (κ1) is 16.7. The maximum Gasteiger partial charge on any atom is 0.238 e. The molecule has 2 aliphatic heterocycles. The van der Waals surface area contributed by atoms with Crippen molar-refractivity contribution in [3.63, 3.8) is 0 Å². The summed E-state index contributed by atoms with van der Waals surface area (Å²) in [6.45, 7) is 2.42. The van der Waals surface area contributed by atoms with E-state index in [1.807, 2.05) is 25.2 Å². The van der Waals surface area contributed by atoms with Crippen molar-refractivity contribution in [3.05, 3.63) is 30.6 Å². The molecule has 2 aromatic rings. The highest BCUT2D eigenvalue weighted by molar-refractivity contribution is 5.91. The molecule has 2 aliphatic rings. The van der Waals surface area contributed by atoms with Gasteiger partial charge in [0.25, 0.3) is 0 Å². The maximum absolute atomic E-state index is 12.2. The lowest BCUT2D eigenvalue weighted by Gasteiger charge is -2.33. The van der Waals surface area contributed by atoms with Gasteiger partial charge < -0.3 is 20.1 Å². The van der Waals surface area contributed by atoms with Crippen LogP contribution in [0.3, 0.4) is 0 Å². The summed E-state index contributed by atoms with van der Waals surface area (Å²) in [5.74, 6) is 1.55. The number of aryl methyl sites for hydroxylation is 1. The molecule has 8 heteroatoms. The number of rotatable bonds is 5. The number of carbonyl (C=O) groups is 1. The zero-order chi connectivity index (χ0) is 17.9. The Morgan fingerprint density at radius 1 is 1.31 bits per heavy atom. The molecule has 0 bridgehead atoms. The molecule has 1 saturated heterocycles. The topological polar surface area (TPSA) is 80.7 Å². The Balaban J connectivity index is 1.30. The summed E-state index contributed by atoms with van der Waals surface area (Å²) in [5, 5.41) is 10.5. The lowest BCUT2D eigenvalue weighted by molar-refractivity contribution is -0.117. The molecule has 2 N–H and O–H groups in total.